The fourth-order valence-corrected chi connectivity index (χ4v) is 3.47. The van der Waals surface area contributed by atoms with E-state index in [0.717, 1.165) is 5.56 Å². The predicted octanol–water partition coefficient (Wildman–Crippen LogP) is 3.80. The van der Waals surface area contributed by atoms with Gasteiger partial charge in [0.05, 0.1) is 5.92 Å². The maximum atomic E-state index is 13.0. The van der Waals surface area contributed by atoms with E-state index in [0.29, 0.717) is 37.1 Å². The summed E-state index contributed by atoms with van der Waals surface area (Å²) in [4.78, 5) is 39.2. The van der Waals surface area contributed by atoms with Crippen molar-refractivity contribution < 1.29 is 23.5 Å². The van der Waals surface area contributed by atoms with Gasteiger partial charge in [-0.05, 0) is 62.6 Å². The number of benzene rings is 2. The monoisotopic (exact) mass is 397 g/mol. The van der Waals surface area contributed by atoms with Crippen LogP contribution in [0.3, 0.4) is 0 Å². The Kier molecular flexibility index (Phi) is 6.42. The van der Waals surface area contributed by atoms with Gasteiger partial charge in [-0.25, -0.2) is 4.39 Å². The molecule has 0 bridgehead atoms. The lowest BCUT2D eigenvalue weighted by Crippen LogP contribution is -2.41. The summed E-state index contributed by atoms with van der Waals surface area (Å²) in [5, 5.41) is 0. The smallest absolute Gasteiger partial charge is 0.309 e. The van der Waals surface area contributed by atoms with Crippen molar-refractivity contribution in [1.82, 2.24) is 4.90 Å². The maximum absolute atomic E-state index is 13.0. The van der Waals surface area contributed by atoms with Crippen molar-refractivity contribution in [2.75, 3.05) is 13.1 Å². The Hall–Kier alpha value is -3.02. The number of halogens is 1. The van der Waals surface area contributed by atoms with E-state index >= 15 is 0 Å². The first kappa shape index (κ1) is 20.7. The Morgan fingerprint density at radius 2 is 1.66 bits per heavy atom. The van der Waals surface area contributed by atoms with Crippen molar-refractivity contribution in [1.29, 1.82) is 0 Å². The Balaban J connectivity index is 1.53. The zero-order valence-electron chi connectivity index (χ0n) is 16.6. The number of ketones is 1. The van der Waals surface area contributed by atoms with Crippen LogP contribution in [0.2, 0.25) is 0 Å². The Morgan fingerprint density at radius 1 is 1.03 bits per heavy atom. The van der Waals surface area contributed by atoms with E-state index in [1.165, 1.54) is 31.2 Å². The lowest BCUT2D eigenvalue weighted by molar-refractivity contribution is -0.152. The number of nitrogens with zero attached hydrogens (tertiary/aromatic N) is 1. The van der Waals surface area contributed by atoms with Gasteiger partial charge in [0.1, 0.15) is 5.82 Å². The number of rotatable bonds is 5. The van der Waals surface area contributed by atoms with Crippen LogP contribution in [0, 0.1) is 18.7 Å². The number of ether oxygens (including phenoxy) is 1. The van der Waals surface area contributed by atoms with Gasteiger partial charge < -0.3 is 9.64 Å². The van der Waals surface area contributed by atoms with Crippen LogP contribution in [0.4, 0.5) is 4.39 Å². The van der Waals surface area contributed by atoms with Crippen molar-refractivity contribution in [3.63, 3.8) is 0 Å². The minimum absolute atomic E-state index is 0.0326. The molecule has 0 aliphatic carbocycles. The average molecular weight is 397 g/mol. The number of likely N-dealkylation sites (tertiary alicyclic amines) is 1. The highest BCUT2D eigenvalue weighted by atomic mass is 19.1. The highest BCUT2D eigenvalue weighted by Gasteiger charge is 2.31. The highest BCUT2D eigenvalue weighted by molar-refractivity contribution is 6.00. The zero-order valence-corrected chi connectivity index (χ0v) is 16.6. The first-order valence-corrected chi connectivity index (χ1v) is 9.72. The summed E-state index contributed by atoms with van der Waals surface area (Å²) in [5.74, 6) is -1.62. The number of amides is 1. The minimum atomic E-state index is -0.945. The van der Waals surface area contributed by atoms with E-state index in [2.05, 4.69) is 0 Å². The summed E-state index contributed by atoms with van der Waals surface area (Å²) >= 11 is 0. The van der Waals surface area contributed by atoms with E-state index in [-0.39, 0.29) is 17.6 Å². The molecule has 1 aliphatic rings. The van der Waals surface area contributed by atoms with Crippen LogP contribution in [0.25, 0.3) is 0 Å². The number of aryl methyl sites for hydroxylation is 1. The van der Waals surface area contributed by atoms with Gasteiger partial charge in [0.25, 0.3) is 5.91 Å². The summed E-state index contributed by atoms with van der Waals surface area (Å²) in [6.07, 6.45) is 0.0431. The van der Waals surface area contributed by atoms with Crippen LogP contribution in [0.15, 0.2) is 48.5 Å². The fourth-order valence-electron chi connectivity index (χ4n) is 3.47. The second kappa shape index (κ2) is 8.99. The van der Waals surface area contributed by atoms with Gasteiger partial charge in [0.15, 0.2) is 6.10 Å². The molecule has 1 amide bonds. The van der Waals surface area contributed by atoms with Crippen LogP contribution >= 0.6 is 0 Å². The molecule has 1 heterocycles. The molecule has 1 fully saturated rings. The molecule has 2 aromatic rings. The van der Waals surface area contributed by atoms with Crippen LogP contribution in [0.5, 0.6) is 0 Å². The number of piperidine rings is 1. The third-order valence-corrected chi connectivity index (χ3v) is 5.28. The van der Waals surface area contributed by atoms with Gasteiger partial charge in [-0.1, -0.05) is 18.2 Å². The quantitative estimate of drug-likeness (QED) is 0.569. The predicted molar refractivity (Wildman–Crippen MR) is 106 cm³/mol. The summed E-state index contributed by atoms with van der Waals surface area (Å²) in [6, 6.07) is 12.6. The molecule has 0 N–H and O–H groups in total. The number of carbonyl (C=O) groups is 3. The van der Waals surface area contributed by atoms with Gasteiger partial charge in [0.2, 0.25) is 5.78 Å². The molecule has 0 saturated carbocycles. The number of hydrogen-bond acceptors (Lipinski definition) is 4. The van der Waals surface area contributed by atoms with E-state index in [1.807, 2.05) is 25.1 Å². The van der Waals surface area contributed by atoms with Gasteiger partial charge >= 0.3 is 5.97 Å². The molecule has 5 nitrogen and oxygen atoms in total. The van der Waals surface area contributed by atoms with Crippen molar-refractivity contribution in [3.8, 4) is 0 Å². The summed E-state index contributed by atoms with van der Waals surface area (Å²) < 4.78 is 18.3. The second-order valence-electron chi connectivity index (χ2n) is 7.33. The van der Waals surface area contributed by atoms with Gasteiger partial charge in [-0.15, -0.1) is 0 Å². The number of Topliss-reactive ketones (excluding diaryl/α,β-unsaturated/α-hetero) is 1. The average Bonchev–Trinajstić information content (AvgIpc) is 2.73. The topological polar surface area (TPSA) is 63.7 Å². The molecule has 152 valence electrons. The second-order valence-corrected chi connectivity index (χ2v) is 7.33. The third-order valence-electron chi connectivity index (χ3n) is 5.28. The van der Waals surface area contributed by atoms with Crippen LogP contribution in [-0.2, 0) is 9.53 Å². The van der Waals surface area contributed by atoms with Crippen molar-refractivity contribution in [3.05, 3.63) is 71.0 Å². The number of hydrogen-bond donors (Lipinski definition) is 0. The van der Waals surface area contributed by atoms with Crippen molar-refractivity contribution in [2.45, 2.75) is 32.8 Å². The lowest BCUT2D eigenvalue weighted by atomic mass is 9.96. The fraction of sp³-hybridized carbons (Fsp3) is 0.348. The molecule has 1 atom stereocenters. The molecule has 2 aromatic carbocycles. The van der Waals surface area contributed by atoms with Crippen LogP contribution in [-0.4, -0.2) is 41.8 Å². The van der Waals surface area contributed by atoms with E-state index in [1.54, 1.807) is 11.0 Å². The SMILES string of the molecule is Cc1ccccc1C(=O)N1CCC(C(=O)O[C@H](C)C(=O)c2ccc(F)cc2)CC1. The molecule has 0 radical (unpaired) electrons. The molecule has 6 heteroatoms. The van der Waals surface area contributed by atoms with E-state index in [9.17, 15) is 18.8 Å². The van der Waals surface area contributed by atoms with E-state index < -0.39 is 17.9 Å². The Labute approximate surface area is 169 Å². The molecule has 0 aromatic heterocycles. The first-order valence-electron chi connectivity index (χ1n) is 9.72. The van der Waals surface area contributed by atoms with Gasteiger partial charge in [-0.3, -0.25) is 14.4 Å². The Bertz CT molecular complexity index is 901. The van der Waals surface area contributed by atoms with Crippen LogP contribution < -0.4 is 0 Å². The molecule has 1 aliphatic heterocycles. The third kappa shape index (κ3) is 4.88. The molecular weight excluding hydrogens is 373 g/mol. The van der Waals surface area contributed by atoms with E-state index in [4.69, 9.17) is 4.74 Å². The Morgan fingerprint density at radius 3 is 2.28 bits per heavy atom. The summed E-state index contributed by atoms with van der Waals surface area (Å²) in [6.45, 7) is 4.34. The lowest BCUT2D eigenvalue weighted by Gasteiger charge is -2.31. The van der Waals surface area contributed by atoms with Crippen LogP contribution in [0.1, 0.15) is 46.0 Å². The van der Waals surface area contributed by atoms with Crippen molar-refractivity contribution in [2.24, 2.45) is 5.92 Å². The van der Waals surface area contributed by atoms with Gasteiger partial charge in [0, 0.05) is 24.2 Å². The van der Waals surface area contributed by atoms with Crippen molar-refractivity contribution >= 4 is 17.7 Å². The standard InChI is InChI=1S/C23H24FNO4/c1-15-5-3-4-6-20(15)22(27)25-13-11-18(12-14-25)23(28)29-16(2)21(26)17-7-9-19(24)10-8-17/h3-10,16,18H,11-14H2,1-2H3/t16-/m1/s1. The molecule has 1 saturated heterocycles. The maximum Gasteiger partial charge on any atom is 0.309 e. The first-order chi connectivity index (χ1) is 13.9. The molecule has 29 heavy (non-hydrogen) atoms. The largest absolute Gasteiger partial charge is 0.454 e. The normalized spacial score (nSPS) is 15.6. The number of carbonyl (C=O) groups excluding carboxylic acids is 3. The highest BCUT2D eigenvalue weighted by Crippen LogP contribution is 2.22. The molecule has 0 spiro atoms. The summed E-state index contributed by atoms with van der Waals surface area (Å²) in [7, 11) is 0. The summed E-state index contributed by atoms with van der Waals surface area (Å²) in [5.41, 5.74) is 1.89. The zero-order chi connectivity index (χ0) is 21.0. The number of esters is 1. The molecule has 0 unspecified atom stereocenters. The minimum Gasteiger partial charge on any atom is -0.454 e. The van der Waals surface area contributed by atoms with Gasteiger partial charge in [-0.2, -0.15) is 0 Å². The molecule has 3 rings (SSSR count). The molecular formula is C23H24FNO4.